The van der Waals surface area contributed by atoms with E-state index in [1.54, 1.807) is 4.90 Å². The normalized spacial score (nSPS) is 12.7. The molecule has 0 aromatic heterocycles. The van der Waals surface area contributed by atoms with Gasteiger partial charge >= 0.3 is 6.09 Å². The van der Waals surface area contributed by atoms with E-state index in [9.17, 15) is 4.79 Å². The second-order valence-corrected chi connectivity index (χ2v) is 4.32. The summed E-state index contributed by atoms with van der Waals surface area (Å²) in [5.41, 5.74) is 0. The van der Waals surface area contributed by atoms with Crippen LogP contribution in [0.1, 0.15) is 47.5 Å². The van der Waals surface area contributed by atoms with Gasteiger partial charge in [-0.15, -0.1) is 0 Å². The van der Waals surface area contributed by atoms with E-state index >= 15 is 0 Å². The summed E-state index contributed by atoms with van der Waals surface area (Å²) in [7, 11) is 0. The van der Waals surface area contributed by atoms with Gasteiger partial charge < -0.3 is 9.64 Å². The molecule has 0 saturated carbocycles. The predicted molar refractivity (Wildman–Crippen MR) is 62.9 cm³/mol. The van der Waals surface area contributed by atoms with Crippen LogP contribution in [0.15, 0.2) is 0 Å². The Morgan fingerprint density at radius 1 is 1.13 bits per heavy atom. The first kappa shape index (κ1) is 14.3. The molecule has 15 heavy (non-hydrogen) atoms. The van der Waals surface area contributed by atoms with Crippen molar-refractivity contribution < 1.29 is 9.53 Å². The Bertz CT molecular complexity index is 174. The summed E-state index contributed by atoms with van der Waals surface area (Å²) in [4.78, 5) is 13.5. The van der Waals surface area contributed by atoms with E-state index in [-0.39, 0.29) is 12.2 Å². The molecule has 0 aliphatic heterocycles. The van der Waals surface area contributed by atoms with Crippen molar-refractivity contribution in [2.45, 2.75) is 53.6 Å². The Kier molecular flexibility index (Phi) is 7.18. The topological polar surface area (TPSA) is 29.5 Å². The molecule has 1 amide bonds. The minimum atomic E-state index is -0.167. The van der Waals surface area contributed by atoms with E-state index in [0.29, 0.717) is 5.92 Å². The zero-order valence-corrected chi connectivity index (χ0v) is 10.7. The molecule has 0 aliphatic rings. The maximum absolute atomic E-state index is 11.7. The van der Waals surface area contributed by atoms with E-state index in [1.165, 1.54) is 0 Å². The summed E-state index contributed by atoms with van der Waals surface area (Å²) in [5.74, 6) is 0.374. The van der Waals surface area contributed by atoms with Crippen molar-refractivity contribution in [2.24, 2.45) is 5.92 Å². The number of carbonyl (C=O) groups is 1. The van der Waals surface area contributed by atoms with Gasteiger partial charge in [-0.2, -0.15) is 0 Å². The zero-order chi connectivity index (χ0) is 11.8. The first-order chi connectivity index (χ1) is 7.02. The second-order valence-electron chi connectivity index (χ2n) is 4.32. The Morgan fingerprint density at radius 3 is 1.93 bits per heavy atom. The first-order valence-corrected chi connectivity index (χ1v) is 5.98. The van der Waals surface area contributed by atoms with Crippen LogP contribution in [0.5, 0.6) is 0 Å². The quantitative estimate of drug-likeness (QED) is 0.680. The molecular weight excluding hydrogens is 190 g/mol. The minimum Gasteiger partial charge on any atom is -0.446 e. The number of ether oxygens (including phenoxy) is 1. The first-order valence-electron chi connectivity index (χ1n) is 5.98. The van der Waals surface area contributed by atoms with E-state index in [4.69, 9.17) is 4.74 Å². The number of nitrogens with zero attached hydrogens (tertiary/aromatic N) is 1. The Morgan fingerprint density at radius 2 is 1.60 bits per heavy atom. The molecule has 0 aromatic carbocycles. The molecule has 0 fully saturated rings. The van der Waals surface area contributed by atoms with Gasteiger partial charge in [-0.3, -0.25) is 0 Å². The smallest absolute Gasteiger partial charge is 0.410 e. The third-order valence-corrected chi connectivity index (χ3v) is 2.47. The maximum atomic E-state index is 11.7. The molecule has 0 aromatic rings. The summed E-state index contributed by atoms with van der Waals surface area (Å²) in [6, 6.07) is 0. The predicted octanol–water partition coefficient (Wildman–Crippen LogP) is 3.29. The van der Waals surface area contributed by atoms with Crippen molar-refractivity contribution >= 4 is 6.09 Å². The van der Waals surface area contributed by atoms with Crippen LogP contribution in [0, 0.1) is 5.92 Å². The van der Waals surface area contributed by atoms with E-state index < -0.39 is 0 Å². The third kappa shape index (κ3) is 5.65. The lowest BCUT2D eigenvalue weighted by atomic mass is 10.1. The second kappa shape index (κ2) is 7.55. The molecule has 90 valence electrons. The molecule has 0 N–H and O–H groups in total. The van der Waals surface area contributed by atoms with Crippen LogP contribution >= 0.6 is 0 Å². The number of hydrogen-bond donors (Lipinski definition) is 0. The third-order valence-electron chi connectivity index (χ3n) is 2.47. The molecule has 0 bridgehead atoms. The van der Waals surface area contributed by atoms with Crippen molar-refractivity contribution in [3.63, 3.8) is 0 Å². The Labute approximate surface area is 93.8 Å². The van der Waals surface area contributed by atoms with Crippen LogP contribution in [0.25, 0.3) is 0 Å². The summed E-state index contributed by atoms with van der Waals surface area (Å²) in [5, 5.41) is 0. The number of hydrogen-bond acceptors (Lipinski definition) is 2. The van der Waals surface area contributed by atoms with Crippen LogP contribution in [-0.2, 0) is 4.74 Å². The summed E-state index contributed by atoms with van der Waals surface area (Å²) >= 11 is 0. The van der Waals surface area contributed by atoms with Gasteiger partial charge in [0.25, 0.3) is 0 Å². The summed E-state index contributed by atoms with van der Waals surface area (Å²) in [6.07, 6.45) is 1.78. The van der Waals surface area contributed by atoms with Gasteiger partial charge in [-0.05, 0) is 25.7 Å². The van der Waals surface area contributed by atoms with Gasteiger partial charge in [0.05, 0.1) is 0 Å². The molecule has 3 heteroatoms. The van der Waals surface area contributed by atoms with Gasteiger partial charge in [0.2, 0.25) is 0 Å². The highest BCUT2D eigenvalue weighted by Crippen LogP contribution is 2.08. The fourth-order valence-electron chi connectivity index (χ4n) is 1.20. The van der Waals surface area contributed by atoms with Gasteiger partial charge in [0, 0.05) is 13.1 Å². The number of rotatable bonds is 6. The average Bonchev–Trinajstić information content (AvgIpc) is 2.17. The number of amides is 1. The lowest BCUT2D eigenvalue weighted by Gasteiger charge is -2.24. The van der Waals surface area contributed by atoms with Crippen LogP contribution in [0.2, 0.25) is 0 Å². The van der Waals surface area contributed by atoms with Crippen molar-refractivity contribution in [1.82, 2.24) is 4.90 Å². The maximum Gasteiger partial charge on any atom is 0.410 e. The van der Waals surface area contributed by atoms with Crippen molar-refractivity contribution in [2.75, 3.05) is 13.1 Å². The molecule has 0 heterocycles. The van der Waals surface area contributed by atoms with Crippen LogP contribution in [0.4, 0.5) is 4.79 Å². The fourth-order valence-corrected chi connectivity index (χ4v) is 1.20. The highest BCUT2D eigenvalue weighted by atomic mass is 16.6. The Balaban J connectivity index is 4.12. The number of carbonyl (C=O) groups excluding carboxylic acids is 1. The van der Waals surface area contributed by atoms with E-state index in [0.717, 1.165) is 25.9 Å². The zero-order valence-electron chi connectivity index (χ0n) is 10.7. The highest BCUT2D eigenvalue weighted by molar-refractivity contribution is 5.67. The molecule has 1 atom stereocenters. The lowest BCUT2D eigenvalue weighted by Crippen LogP contribution is -2.36. The van der Waals surface area contributed by atoms with Crippen LogP contribution in [-0.4, -0.2) is 30.2 Å². The highest BCUT2D eigenvalue weighted by Gasteiger charge is 2.17. The van der Waals surface area contributed by atoms with Crippen molar-refractivity contribution in [3.05, 3.63) is 0 Å². The fraction of sp³-hybridized carbons (Fsp3) is 0.917. The monoisotopic (exact) mass is 215 g/mol. The van der Waals surface area contributed by atoms with Gasteiger partial charge in [0.15, 0.2) is 0 Å². The van der Waals surface area contributed by atoms with E-state index in [1.807, 2.05) is 6.92 Å². The molecule has 0 radical (unpaired) electrons. The molecule has 1 unspecified atom stereocenters. The van der Waals surface area contributed by atoms with E-state index in [2.05, 4.69) is 27.7 Å². The minimum absolute atomic E-state index is 0.00582. The summed E-state index contributed by atoms with van der Waals surface area (Å²) in [6.45, 7) is 11.8. The molecule has 0 saturated heterocycles. The van der Waals surface area contributed by atoms with Crippen molar-refractivity contribution in [1.29, 1.82) is 0 Å². The average molecular weight is 215 g/mol. The van der Waals surface area contributed by atoms with Crippen molar-refractivity contribution in [3.8, 4) is 0 Å². The standard InChI is InChI=1S/C12H25NO2/c1-6-8-13(9-7-2)12(14)15-11(5)10(3)4/h10-11H,6-9H2,1-5H3. The largest absolute Gasteiger partial charge is 0.446 e. The summed E-state index contributed by atoms with van der Waals surface area (Å²) < 4.78 is 5.37. The SMILES string of the molecule is CCCN(CCC)C(=O)OC(C)C(C)C. The molecule has 0 rings (SSSR count). The Hall–Kier alpha value is -0.730. The molecule has 0 aliphatic carbocycles. The van der Waals surface area contributed by atoms with Gasteiger partial charge in [-0.1, -0.05) is 27.7 Å². The van der Waals surface area contributed by atoms with Crippen LogP contribution in [0.3, 0.4) is 0 Å². The molecular formula is C12H25NO2. The van der Waals surface area contributed by atoms with Gasteiger partial charge in [0.1, 0.15) is 6.10 Å². The van der Waals surface area contributed by atoms with Crippen LogP contribution < -0.4 is 0 Å². The lowest BCUT2D eigenvalue weighted by molar-refractivity contribution is 0.0507. The molecule has 3 nitrogen and oxygen atoms in total. The van der Waals surface area contributed by atoms with Gasteiger partial charge in [-0.25, -0.2) is 4.79 Å². The molecule has 0 spiro atoms.